The van der Waals surface area contributed by atoms with Crippen molar-refractivity contribution in [1.29, 1.82) is 0 Å². The molecule has 58 valence electrons. The lowest BCUT2D eigenvalue weighted by atomic mass is 9.87. The van der Waals surface area contributed by atoms with Crippen molar-refractivity contribution in [1.82, 2.24) is 0 Å². The minimum atomic E-state index is 1.01. The van der Waals surface area contributed by atoms with Gasteiger partial charge in [-0.05, 0) is 32.1 Å². The Bertz CT molecular complexity index is 122. The average Bonchev–Trinajstić information content (AvgIpc) is 1.88. The normalized spacial score (nSPS) is 26.2. The van der Waals surface area contributed by atoms with Crippen LogP contribution in [0.5, 0.6) is 0 Å². The van der Waals surface area contributed by atoms with E-state index in [1.165, 1.54) is 32.1 Å². The number of allylic oxidation sites excluding steroid dienone is 2. The highest BCUT2D eigenvalue weighted by Crippen LogP contribution is 2.26. The highest BCUT2D eigenvalue weighted by atomic mass is 14.2. The topological polar surface area (TPSA) is 0 Å². The summed E-state index contributed by atoms with van der Waals surface area (Å²) in [6.45, 7) is 4.55. The Morgan fingerprint density at radius 3 is 3.00 bits per heavy atom. The highest BCUT2D eigenvalue weighted by Gasteiger charge is 2.11. The summed E-state index contributed by atoms with van der Waals surface area (Å²) < 4.78 is 0. The molecule has 1 atom stereocenters. The first-order valence-corrected chi connectivity index (χ1v) is 4.48. The molecule has 0 aliphatic heterocycles. The molecule has 0 radical (unpaired) electrons. The number of hydrogen-bond donors (Lipinski definition) is 0. The standard InChI is InChI=1S/C10H18/c1-3-5-10-7-4-6-9(2)8-10/h6,10H,3-5,7-8H2,1-2H3. The highest BCUT2D eigenvalue weighted by molar-refractivity contribution is 5.02. The lowest BCUT2D eigenvalue weighted by Crippen LogP contribution is -2.04. The Kier molecular flexibility index (Phi) is 2.98. The molecule has 0 fully saturated rings. The van der Waals surface area contributed by atoms with Crippen LogP contribution in [-0.2, 0) is 0 Å². The third-order valence-corrected chi connectivity index (χ3v) is 2.38. The molecule has 1 aliphatic carbocycles. The zero-order valence-electron chi connectivity index (χ0n) is 7.19. The van der Waals surface area contributed by atoms with Gasteiger partial charge in [-0.2, -0.15) is 0 Å². The molecule has 0 aromatic rings. The largest absolute Gasteiger partial charge is 0.0856 e. The average molecular weight is 138 g/mol. The van der Waals surface area contributed by atoms with E-state index in [0.29, 0.717) is 0 Å². The Hall–Kier alpha value is -0.260. The van der Waals surface area contributed by atoms with E-state index in [1.807, 2.05) is 0 Å². The minimum Gasteiger partial charge on any atom is -0.0856 e. The maximum Gasteiger partial charge on any atom is -0.0294 e. The van der Waals surface area contributed by atoms with Crippen molar-refractivity contribution in [3.05, 3.63) is 11.6 Å². The van der Waals surface area contributed by atoms with Gasteiger partial charge in [0.2, 0.25) is 0 Å². The first-order valence-electron chi connectivity index (χ1n) is 4.48. The molecule has 10 heavy (non-hydrogen) atoms. The quantitative estimate of drug-likeness (QED) is 0.512. The zero-order chi connectivity index (χ0) is 7.40. The van der Waals surface area contributed by atoms with Crippen LogP contribution in [-0.4, -0.2) is 0 Å². The van der Waals surface area contributed by atoms with Crippen molar-refractivity contribution < 1.29 is 0 Å². The van der Waals surface area contributed by atoms with Crippen LogP contribution in [0.3, 0.4) is 0 Å². The molecule has 0 heterocycles. The van der Waals surface area contributed by atoms with E-state index in [-0.39, 0.29) is 0 Å². The van der Waals surface area contributed by atoms with Crippen LogP contribution in [0, 0.1) is 5.92 Å². The van der Waals surface area contributed by atoms with E-state index in [0.717, 1.165) is 5.92 Å². The van der Waals surface area contributed by atoms with Gasteiger partial charge >= 0.3 is 0 Å². The van der Waals surface area contributed by atoms with Gasteiger partial charge in [-0.25, -0.2) is 0 Å². The van der Waals surface area contributed by atoms with Crippen molar-refractivity contribution >= 4 is 0 Å². The fourth-order valence-electron chi connectivity index (χ4n) is 1.86. The van der Waals surface area contributed by atoms with E-state index in [9.17, 15) is 0 Å². The van der Waals surface area contributed by atoms with Gasteiger partial charge in [-0.3, -0.25) is 0 Å². The monoisotopic (exact) mass is 138 g/mol. The first kappa shape index (κ1) is 7.84. The lowest BCUT2D eigenvalue weighted by Gasteiger charge is -2.19. The van der Waals surface area contributed by atoms with Crippen LogP contribution < -0.4 is 0 Å². The Labute approximate surface area is 64.3 Å². The van der Waals surface area contributed by atoms with Crippen molar-refractivity contribution in [3.8, 4) is 0 Å². The second-order valence-electron chi connectivity index (χ2n) is 3.49. The summed E-state index contributed by atoms with van der Waals surface area (Å²) in [6, 6.07) is 0. The van der Waals surface area contributed by atoms with Crippen LogP contribution in [0.1, 0.15) is 46.0 Å². The smallest absolute Gasteiger partial charge is 0.0294 e. The van der Waals surface area contributed by atoms with Crippen LogP contribution >= 0.6 is 0 Å². The molecule has 1 unspecified atom stereocenters. The van der Waals surface area contributed by atoms with E-state index in [1.54, 1.807) is 5.57 Å². The maximum absolute atomic E-state index is 2.40. The van der Waals surface area contributed by atoms with Crippen molar-refractivity contribution in [2.45, 2.75) is 46.0 Å². The lowest BCUT2D eigenvalue weighted by molar-refractivity contribution is 0.429. The first-order chi connectivity index (χ1) is 4.83. The summed E-state index contributed by atoms with van der Waals surface area (Å²) in [7, 11) is 0. The van der Waals surface area contributed by atoms with E-state index >= 15 is 0 Å². The van der Waals surface area contributed by atoms with Gasteiger partial charge < -0.3 is 0 Å². The van der Waals surface area contributed by atoms with Gasteiger partial charge in [-0.1, -0.05) is 31.4 Å². The number of hydrogen-bond acceptors (Lipinski definition) is 0. The predicted octanol–water partition coefficient (Wildman–Crippen LogP) is 3.53. The summed E-state index contributed by atoms with van der Waals surface area (Å²) in [5.74, 6) is 1.01. The Morgan fingerprint density at radius 1 is 1.60 bits per heavy atom. The fraction of sp³-hybridized carbons (Fsp3) is 0.800. The zero-order valence-corrected chi connectivity index (χ0v) is 7.19. The summed E-state index contributed by atoms with van der Waals surface area (Å²) in [6.07, 6.45) is 9.32. The van der Waals surface area contributed by atoms with Crippen molar-refractivity contribution in [3.63, 3.8) is 0 Å². The molecule has 0 saturated carbocycles. The molecule has 0 amide bonds. The van der Waals surface area contributed by atoms with Crippen LogP contribution in [0.4, 0.5) is 0 Å². The van der Waals surface area contributed by atoms with Crippen molar-refractivity contribution in [2.24, 2.45) is 5.92 Å². The minimum absolute atomic E-state index is 1.01. The Balaban J connectivity index is 2.30. The summed E-state index contributed by atoms with van der Waals surface area (Å²) in [5, 5.41) is 0. The third kappa shape index (κ3) is 2.17. The molecule has 0 heteroatoms. The molecular formula is C10H18. The van der Waals surface area contributed by atoms with Crippen LogP contribution in [0.25, 0.3) is 0 Å². The summed E-state index contributed by atoms with van der Waals surface area (Å²) in [4.78, 5) is 0. The van der Waals surface area contributed by atoms with Gasteiger partial charge in [-0.15, -0.1) is 0 Å². The van der Waals surface area contributed by atoms with Gasteiger partial charge in [0, 0.05) is 0 Å². The molecule has 0 bridgehead atoms. The van der Waals surface area contributed by atoms with E-state index in [4.69, 9.17) is 0 Å². The van der Waals surface area contributed by atoms with E-state index < -0.39 is 0 Å². The molecule has 0 N–H and O–H groups in total. The fourth-order valence-corrected chi connectivity index (χ4v) is 1.86. The summed E-state index contributed by atoms with van der Waals surface area (Å²) in [5.41, 5.74) is 1.62. The molecule has 1 rings (SSSR count). The molecule has 0 saturated heterocycles. The van der Waals surface area contributed by atoms with Gasteiger partial charge in [0.15, 0.2) is 0 Å². The Morgan fingerprint density at radius 2 is 2.40 bits per heavy atom. The second-order valence-corrected chi connectivity index (χ2v) is 3.49. The molecule has 1 aliphatic rings. The third-order valence-electron chi connectivity index (χ3n) is 2.38. The van der Waals surface area contributed by atoms with Crippen molar-refractivity contribution in [2.75, 3.05) is 0 Å². The molecule has 0 spiro atoms. The van der Waals surface area contributed by atoms with Gasteiger partial charge in [0.25, 0.3) is 0 Å². The maximum atomic E-state index is 2.40. The predicted molar refractivity (Wildman–Crippen MR) is 46.0 cm³/mol. The van der Waals surface area contributed by atoms with Gasteiger partial charge in [0.1, 0.15) is 0 Å². The van der Waals surface area contributed by atoms with Crippen LogP contribution in [0.15, 0.2) is 11.6 Å². The molecular weight excluding hydrogens is 120 g/mol. The molecule has 0 aromatic heterocycles. The number of rotatable bonds is 2. The van der Waals surface area contributed by atoms with Gasteiger partial charge in [0.05, 0.1) is 0 Å². The summed E-state index contributed by atoms with van der Waals surface area (Å²) >= 11 is 0. The second kappa shape index (κ2) is 3.80. The van der Waals surface area contributed by atoms with E-state index in [2.05, 4.69) is 19.9 Å². The SMILES string of the molecule is CCCC1CCC=C(C)C1. The van der Waals surface area contributed by atoms with Crippen LogP contribution in [0.2, 0.25) is 0 Å². The molecule has 0 nitrogen and oxygen atoms in total. The molecule has 0 aromatic carbocycles.